The first-order valence-corrected chi connectivity index (χ1v) is 14.1. The van der Waals surface area contributed by atoms with E-state index < -0.39 is 29.7 Å². The van der Waals surface area contributed by atoms with Gasteiger partial charge in [-0.3, -0.25) is 15.5 Å². The fraction of sp³-hybridized carbons (Fsp3) is 0.333. The van der Waals surface area contributed by atoms with Crippen molar-refractivity contribution in [3.05, 3.63) is 89.5 Å². The minimum atomic E-state index is -0.726. The number of hydrogen-bond acceptors (Lipinski definition) is 10. The Morgan fingerprint density at radius 3 is 2.25 bits per heavy atom. The molecule has 0 fully saturated rings. The molecule has 0 spiro atoms. The highest BCUT2D eigenvalue weighted by atomic mass is 16.6. The quantitative estimate of drug-likeness (QED) is 0.0956. The molecule has 0 aromatic heterocycles. The zero-order valence-corrected chi connectivity index (χ0v) is 25.6. The van der Waals surface area contributed by atoms with Gasteiger partial charge in [-0.25, -0.2) is 9.59 Å². The number of amides is 1. The predicted octanol–water partition coefficient (Wildman–Crippen LogP) is 5.77. The van der Waals surface area contributed by atoms with E-state index in [2.05, 4.69) is 10.6 Å². The van der Waals surface area contributed by atoms with Crippen LogP contribution in [0.25, 0.3) is 0 Å². The van der Waals surface area contributed by atoms with Gasteiger partial charge in [-0.2, -0.15) is 0 Å². The van der Waals surface area contributed by atoms with E-state index in [-0.39, 0.29) is 25.7 Å². The summed E-state index contributed by atoms with van der Waals surface area (Å²) in [5, 5.41) is 14.0. The SMILES string of the molecule is CCOC(=O)COc1ccc(OCc2ccccc2)cc1C(COC(C)=O)Nc1ccc(C(=N)NC(=O)OC(C)(C)C)cc1. The molecule has 11 nitrogen and oxygen atoms in total. The average molecular weight is 606 g/mol. The molecule has 1 unspecified atom stereocenters. The van der Waals surface area contributed by atoms with Crippen molar-refractivity contribution in [3.63, 3.8) is 0 Å². The molecule has 3 aromatic carbocycles. The van der Waals surface area contributed by atoms with Gasteiger partial charge in [0.2, 0.25) is 0 Å². The van der Waals surface area contributed by atoms with Gasteiger partial charge in [-0.15, -0.1) is 0 Å². The number of nitrogens with one attached hydrogen (secondary N) is 3. The van der Waals surface area contributed by atoms with Crippen molar-refractivity contribution in [2.45, 2.75) is 52.9 Å². The van der Waals surface area contributed by atoms with Gasteiger partial charge in [0.25, 0.3) is 0 Å². The van der Waals surface area contributed by atoms with Gasteiger partial charge in [-0.1, -0.05) is 30.3 Å². The van der Waals surface area contributed by atoms with Crippen LogP contribution in [0.1, 0.15) is 57.4 Å². The lowest BCUT2D eigenvalue weighted by Gasteiger charge is -2.23. The van der Waals surface area contributed by atoms with Crippen LogP contribution in [0.15, 0.2) is 72.8 Å². The molecule has 1 amide bonds. The number of alkyl carbamates (subject to hydrolysis) is 1. The van der Waals surface area contributed by atoms with Crippen molar-refractivity contribution < 1.29 is 38.1 Å². The third-order valence-electron chi connectivity index (χ3n) is 5.85. The Hall–Kier alpha value is -5.06. The lowest BCUT2D eigenvalue weighted by atomic mass is 10.0. The first kappa shape index (κ1) is 33.4. The Bertz CT molecular complexity index is 1420. The molecular formula is C33H39N3O8. The summed E-state index contributed by atoms with van der Waals surface area (Å²) in [7, 11) is 0. The van der Waals surface area contributed by atoms with Crippen LogP contribution in [-0.4, -0.2) is 49.3 Å². The predicted molar refractivity (Wildman–Crippen MR) is 165 cm³/mol. The molecule has 0 saturated heterocycles. The van der Waals surface area contributed by atoms with Crippen molar-refractivity contribution in [1.29, 1.82) is 5.41 Å². The van der Waals surface area contributed by atoms with Crippen LogP contribution in [0.5, 0.6) is 11.5 Å². The van der Waals surface area contributed by atoms with Crippen LogP contribution in [-0.2, 0) is 30.4 Å². The molecule has 0 aliphatic heterocycles. The first-order chi connectivity index (χ1) is 20.9. The van der Waals surface area contributed by atoms with E-state index in [1.54, 1.807) is 70.2 Å². The molecule has 3 N–H and O–H groups in total. The zero-order valence-electron chi connectivity index (χ0n) is 25.6. The van der Waals surface area contributed by atoms with Crippen molar-refractivity contribution in [2.24, 2.45) is 0 Å². The van der Waals surface area contributed by atoms with E-state index in [1.807, 2.05) is 30.3 Å². The maximum atomic E-state index is 12.1. The second kappa shape index (κ2) is 16.0. The Morgan fingerprint density at radius 2 is 1.61 bits per heavy atom. The maximum absolute atomic E-state index is 12.1. The van der Waals surface area contributed by atoms with Gasteiger partial charge in [0.15, 0.2) is 6.61 Å². The van der Waals surface area contributed by atoms with Crippen LogP contribution in [0.3, 0.4) is 0 Å². The number of hydrogen-bond donors (Lipinski definition) is 3. The fourth-order valence-corrected chi connectivity index (χ4v) is 3.92. The number of carbonyl (C=O) groups excluding carboxylic acids is 3. The molecule has 11 heteroatoms. The van der Waals surface area contributed by atoms with E-state index in [0.717, 1.165) is 5.56 Å². The van der Waals surface area contributed by atoms with Crippen LogP contribution in [0.2, 0.25) is 0 Å². The molecule has 0 aliphatic rings. The van der Waals surface area contributed by atoms with Crippen molar-refractivity contribution >= 4 is 29.6 Å². The van der Waals surface area contributed by atoms with Gasteiger partial charge in [-0.05, 0) is 75.7 Å². The molecule has 0 radical (unpaired) electrons. The maximum Gasteiger partial charge on any atom is 0.413 e. The number of esters is 2. The third kappa shape index (κ3) is 11.3. The summed E-state index contributed by atoms with van der Waals surface area (Å²) >= 11 is 0. The number of amidine groups is 1. The standard InChI is InChI=1S/C33H39N3O8/c1-6-40-30(38)21-43-29-17-16-26(42-19-23-10-8-7-9-11-23)18-27(29)28(20-41-22(2)37)35-25-14-12-24(13-15-25)31(34)36-32(39)44-33(3,4)5/h7-18,28,35H,6,19-21H2,1-5H3,(H2,34,36,39). The molecule has 0 saturated carbocycles. The van der Waals surface area contributed by atoms with Gasteiger partial charge < -0.3 is 29.0 Å². The van der Waals surface area contributed by atoms with E-state index in [1.165, 1.54) is 6.92 Å². The summed E-state index contributed by atoms with van der Waals surface area (Å²) in [5.41, 5.74) is 1.94. The van der Waals surface area contributed by atoms with Gasteiger partial charge in [0.05, 0.1) is 12.6 Å². The highest BCUT2D eigenvalue weighted by Gasteiger charge is 2.21. The van der Waals surface area contributed by atoms with Gasteiger partial charge >= 0.3 is 18.0 Å². The molecular weight excluding hydrogens is 566 g/mol. The van der Waals surface area contributed by atoms with E-state index >= 15 is 0 Å². The normalized spacial score (nSPS) is 11.5. The second-order valence-electron chi connectivity index (χ2n) is 10.6. The summed E-state index contributed by atoms with van der Waals surface area (Å²) < 4.78 is 27.5. The Morgan fingerprint density at radius 1 is 0.909 bits per heavy atom. The first-order valence-electron chi connectivity index (χ1n) is 14.1. The lowest BCUT2D eigenvalue weighted by Crippen LogP contribution is -2.36. The molecule has 234 valence electrons. The van der Waals surface area contributed by atoms with E-state index in [4.69, 9.17) is 29.1 Å². The molecule has 0 bridgehead atoms. The largest absolute Gasteiger partial charge is 0.489 e. The number of carbonyl (C=O) groups is 3. The van der Waals surface area contributed by atoms with Crippen molar-refractivity contribution in [1.82, 2.24) is 5.32 Å². The van der Waals surface area contributed by atoms with E-state index in [9.17, 15) is 14.4 Å². The smallest absolute Gasteiger partial charge is 0.413 e. The average Bonchev–Trinajstić information content (AvgIpc) is 2.97. The minimum absolute atomic E-state index is 0.0645. The minimum Gasteiger partial charge on any atom is -0.489 e. The highest BCUT2D eigenvalue weighted by Crippen LogP contribution is 2.33. The molecule has 0 aliphatic carbocycles. The fourth-order valence-electron chi connectivity index (χ4n) is 3.92. The zero-order chi connectivity index (χ0) is 32.1. The summed E-state index contributed by atoms with van der Waals surface area (Å²) in [6, 6.07) is 21.0. The van der Waals surface area contributed by atoms with Crippen LogP contribution < -0.4 is 20.1 Å². The topological polar surface area (TPSA) is 145 Å². The summed E-state index contributed by atoms with van der Waals surface area (Å²) in [6.07, 6.45) is -0.726. The molecule has 3 aromatic rings. The number of rotatable bonds is 13. The van der Waals surface area contributed by atoms with Crippen molar-refractivity contribution in [2.75, 3.05) is 25.1 Å². The molecule has 0 heterocycles. The molecule has 44 heavy (non-hydrogen) atoms. The molecule has 1 atom stereocenters. The van der Waals surface area contributed by atoms with Crippen molar-refractivity contribution in [3.8, 4) is 11.5 Å². The monoisotopic (exact) mass is 605 g/mol. The van der Waals surface area contributed by atoms with Gasteiger partial charge in [0, 0.05) is 23.7 Å². The third-order valence-corrected chi connectivity index (χ3v) is 5.85. The summed E-state index contributed by atoms with van der Waals surface area (Å²) in [4.78, 5) is 35.9. The van der Waals surface area contributed by atoms with Crippen LogP contribution in [0.4, 0.5) is 10.5 Å². The number of benzene rings is 3. The Labute approximate surface area is 257 Å². The summed E-state index contributed by atoms with van der Waals surface area (Å²) in [6.45, 7) is 8.41. The second-order valence-corrected chi connectivity index (χ2v) is 10.6. The highest BCUT2D eigenvalue weighted by molar-refractivity contribution is 6.04. The lowest BCUT2D eigenvalue weighted by molar-refractivity contribution is -0.145. The van der Waals surface area contributed by atoms with Gasteiger partial charge in [0.1, 0.15) is 36.1 Å². The number of ether oxygens (including phenoxy) is 5. The molecule has 3 rings (SSSR count). The number of anilines is 1. The van der Waals surface area contributed by atoms with Crippen LogP contribution in [0, 0.1) is 5.41 Å². The Balaban J connectivity index is 1.85. The van der Waals surface area contributed by atoms with Crippen LogP contribution >= 0.6 is 0 Å². The van der Waals surface area contributed by atoms with E-state index in [0.29, 0.717) is 34.9 Å². The Kier molecular flexibility index (Phi) is 12.1. The summed E-state index contributed by atoms with van der Waals surface area (Å²) in [5.74, 6) is -0.210.